The van der Waals surface area contributed by atoms with Crippen LogP contribution >= 0.6 is 0 Å². The van der Waals surface area contributed by atoms with Crippen LogP contribution in [0.25, 0.3) is 0 Å². The van der Waals surface area contributed by atoms with Gasteiger partial charge in [-0.1, -0.05) is 0 Å². The Morgan fingerprint density at radius 3 is 2.41 bits per heavy atom. The highest BCUT2D eigenvalue weighted by Gasteiger charge is 2.34. The van der Waals surface area contributed by atoms with Crippen LogP contribution in [0.4, 0.5) is 0 Å². The molecule has 2 fully saturated rings. The van der Waals surface area contributed by atoms with Crippen LogP contribution in [0.5, 0.6) is 0 Å². The van der Waals surface area contributed by atoms with Gasteiger partial charge in [0.05, 0.1) is 12.7 Å². The van der Waals surface area contributed by atoms with Gasteiger partial charge < -0.3 is 9.84 Å². The molecular weight excluding hydrogens is 280 g/mol. The van der Waals surface area contributed by atoms with Crippen LogP contribution in [0.15, 0.2) is 0 Å². The second-order valence-electron chi connectivity index (χ2n) is 7.77. The van der Waals surface area contributed by atoms with E-state index in [2.05, 4.69) is 37.5 Å². The van der Waals surface area contributed by atoms with Crippen molar-refractivity contribution >= 4 is 5.97 Å². The van der Waals surface area contributed by atoms with Crippen molar-refractivity contribution in [2.45, 2.75) is 77.1 Å². The van der Waals surface area contributed by atoms with Gasteiger partial charge in [-0.2, -0.15) is 0 Å². The Kier molecular flexibility index (Phi) is 5.86. The van der Waals surface area contributed by atoms with Gasteiger partial charge in [0, 0.05) is 24.7 Å². The molecule has 1 N–H and O–H groups in total. The van der Waals surface area contributed by atoms with Crippen LogP contribution in [-0.4, -0.2) is 70.8 Å². The molecule has 0 amide bonds. The summed E-state index contributed by atoms with van der Waals surface area (Å²) >= 11 is 0. The predicted molar refractivity (Wildman–Crippen MR) is 87.1 cm³/mol. The van der Waals surface area contributed by atoms with Crippen LogP contribution < -0.4 is 0 Å². The summed E-state index contributed by atoms with van der Waals surface area (Å²) in [5.74, 6) is -0.692. The maximum absolute atomic E-state index is 11.3. The molecule has 22 heavy (non-hydrogen) atoms. The lowest BCUT2D eigenvalue weighted by Crippen LogP contribution is -2.48. The summed E-state index contributed by atoms with van der Waals surface area (Å²) in [6.45, 7) is 12.6. The van der Waals surface area contributed by atoms with Gasteiger partial charge >= 0.3 is 5.97 Å². The number of ether oxygens (including phenoxy) is 1. The third-order valence-electron chi connectivity index (χ3n) is 5.11. The van der Waals surface area contributed by atoms with E-state index in [-0.39, 0.29) is 17.6 Å². The minimum Gasteiger partial charge on any atom is -0.480 e. The number of carboxylic acids is 1. The van der Waals surface area contributed by atoms with E-state index < -0.39 is 5.97 Å². The van der Waals surface area contributed by atoms with Gasteiger partial charge in [-0.15, -0.1) is 0 Å². The van der Waals surface area contributed by atoms with Crippen molar-refractivity contribution < 1.29 is 14.6 Å². The fourth-order valence-corrected chi connectivity index (χ4v) is 3.65. The molecule has 0 bridgehead atoms. The topological polar surface area (TPSA) is 53.0 Å². The van der Waals surface area contributed by atoms with E-state index in [1.165, 1.54) is 0 Å². The van der Waals surface area contributed by atoms with Crippen molar-refractivity contribution in [1.29, 1.82) is 0 Å². The fraction of sp³-hybridized carbons (Fsp3) is 0.941. The number of aliphatic carboxylic acids is 1. The summed E-state index contributed by atoms with van der Waals surface area (Å²) in [7, 11) is 0. The monoisotopic (exact) mass is 312 g/mol. The molecule has 5 nitrogen and oxygen atoms in total. The molecule has 2 aliphatic heterocycles. The normalized spacial score (nSPS) is 27.2. The molecule has 0 spiro atoms. The molecule has 2 aliphatic rings. The molecule has 2 saturated heterocycles. The molecule has 0 aromatic carbocycles. The number of rotatable bonds is 5. The molecule has 1 unspecified atom stereocenters. The summed E-state index contributed by atoms with van der Waals surface area (Å²) in [4.78, 5) is 15.9. The largest absolute Gasteiger partial charge is 0.480 e. The summed E-state index contributed by atoms with van der Waals surface area (Å²) in [5, 5.41) is 9.27. The van der Waals surface area contributed by atoms with E-state index in [4.69, 9.17) is 4.74 Å². The standard InChI is InChI=1S/C17H32N2O3/c1-13(19-9-5-6-15(19)16(20)21)12-22-14-7-10-18(11-8-14)17(2,3)4/h13-15H,5-12H2,1-4H3,(H,20,21)/t13?,15-/m0/s1. The summed E-state index contributed by atoms with van der Waals surface area (Å²) in [6, 6.07) is -0.134. The molecule has 5 heteroatoms. The number of carboxylic acid groups (broad SMARTS) is 1. The minimum atomic E-state index is -0.692. The maximum atomic E-state index is 11.3. The zero-order valence-electron chi connectivity index (χ0n) is 14.5. The van der Waals surface area contributed by atoms with Crippen molar-refractivity contribution in [3.05, 3.63) is 0 Å². The number of nitrogens with zero attached hydrogens (tertiary/aromatic N) is 2. The second kappa shape index (κ2) is 7.28. The quantitative estimate of drug-likeness (QED) is 0.843. The number of piperidine rings is 1. The average Bonchev–Trinajstić information content (AvgIpc) is 2.94. The first-order valence-electron chi connectivity index (χ1n) is 8.64. The third-order valence-corrected chi connectivity index (χ3v) is 5.11. The van der Waals surface area contributed by atoms with Gasteiger partial charge in [0.2, 0.25) is 0 Å². The summed E-state index contributed by atoms with van der Waals surface area (Å²) in [6.07, 6.45) is 4.22. The van der Waals surface area contributed by atoms with E-state index in [9.17, 15) is 9.90 Å². The first kappa shape index (κ1) is 17.7. The molecule has 2 heterocycles. The Hall–Kier alpha value is -0.650. The first-order valence-corrected chi connectivity index (χ1v) is 8.64. The SMILES string of the molecule is CC(COC1CCN(C(C)(C)C)CC1)N1CCC[C@H]1C(=O)O. The van der Waals surface area contributed by atoms with Crippen molar-refractivity contribution in [3.8, 4) is 0 Å². The van der Waals surface area contributed by atoms with Crippen molar-refractivity contribution in [2.75, 3.05) is 26.2 Å². The minimum absolute atomic E-state index is 0.184. The highest BCUT2D eigenvalue weighted by molar-refractivity contribution is 5.73. The molecule has 0 aromatic heterocycles. The molecule has 0 aromatic rings. The van der Waals surface area contributed by atoms with Crippen LogP contribution in [0, 0.1) is 0 Å². The van der Waals surface area contributed by atoms with Crippen LogP contribution in [0.3, 0.4) is 0 Å². The molecule has 128 valence electrons. The van der Waals surface area contributed by atoms with E-state index in [1.54, 1.807) is 0 Å². The van der Waals surface area contributed by atoms with Crippen molar-refractivity contribution in [1.82, 2.24) is 9.80 Å². The smallest absolute Gasteiger partial charge is 0.320 e. The van der Waals surface area contributed by atoms with E-state index in [0.29, 0.717) is 12.7 Å². The lowest BCUT2D eigenvalue weighted by molar-refractivity contribution is -0.143. The van der Waals surface area contributed by atoms with Crippen molar-refractivity contribution in [2.24, 2.45) is 0 Å². The maximum Gasteiger partial charge on any atom is 0.320 e. The molecule has 0 saturated carbocycles. The zero-order chi connectivity index (χ0) is 16.3. The van der Waals surface area contributed by atoms with E-state index >= 15 is 0 Å². The van der Waals surface area contributed by atoms with Gasteiger partial charge in [0.1, 0.15) is 6.04 Å². The number of carbonyl (C=O) groups is 1. The van der Waals surface area contributed by atoms with Crippen LogP contribution in [0.2, 0.25) is 0 Å². The van der Waals surface area contributed by atoms with Gasteiger partial charge in [-0.25, -0.2) is 0 Å². The molecule has 2 atom stereocenters. The highest BCUT2D eigenvalue weighted by atomic mass is 16.5. The Bertz CT molecular complexity index is 373. The molecule has 0 radical (unpaired) electrons. The van der Waals surface area contributed by atoms with Crippen LogP contribution in [0.1, 0.15) is 53.4 Å². The Morgan fingerprint density at radius 2 is 1.86 bits per heavy atom. The third kappa shape index (κ3) is 4.43. The van der Waals surface area contributed by atoms with E-state index in [1.807, 2.05) is 0 Å². The lowest BCUT2D eigenvalue weighted by Gasteiger charge is -2.41. The van der Waals surface area contributed by atoms with Gasteiger partial charge in [0.15, 0.2) is 0 Å². The number of hydrogen-bond acceptors (Lipinski definition) is 4. The summed E-state index contributed by atoms with van der Waals surface area (Å²) < 4.78 is 6.08. The number of likely N-dealkylation sites (tertiary alicyclic amines) is 2. The second-order valence-corrected chi connectivity index (χ2v) is 7.77. The fourth-order valence-electron chi connectivity index (χ4n) is 3.65. The zero-order valence-corrected chi connectivity index (χ0v) is 14.5. The number of hydrogen-bond donors (Lipinski definition) is 1. The molecule has 2 rings (SSSR count). The predicted octanol–water partition coefficient (Wildman–Crippen LogP) is 2.20. The average molecular weight is 312 g/mol. The van der Waals surface area contributed by atoms with E-state index in [0.717, 1.165) is 45.3 Å². The van der Waals surface area contributed by atoms with Gasteiger partial charge in [0.25, 0.3) is 0 Å². The first-order chi connectivity index (χ1) is 10.3. The summed E-state index contributed by atoms with van der Waals surface area (Å²) in [5.41, 5.74) is 0.239. The van der Waals surface area contributed by atoms with Crippen molar-refractivity contribution in [3.63, 3.8) is 0 Å². The Balaban J connectivity index is 1.73. The molecular formula is C17H32N2O3. The van der Waals surface area contributed by atoms with Crippen LogP contribution in [-0.2, 0) is 9.53 Å². The lowest BCUT2D eigenvalue weighted by atomic mass is 9.99. The molecule has 0 aliphatic carbocycles. The van der Waals surface area contributed by atoms with Gasteiger partial charge in [-0.3, -0.25) is 14.6 Å². The van der Waals surface area contributed by atoms with Gasteiger partial charge in [-0.05, 0) is 59.9 Å². The highest BCUT2D eigenvalue weighted by Crippen LogP contribution is 2.24. The Labute approximate surface area is 134 Å². The Morgan fingerprint density at radius 1 is 1.23 bits per heavy atom.